The number of fused-ring (bicyclic) bond motifs is 2. The van der Waals surface area contributed by atoms with Crippen molar-refractivity contribution in [1.29, 1.82) is 0 Å². The zero-order chi connectivity index (χ0) is 22.2. The Balaban J connectivity index is 1.45. The zero-order valence-electron chi connectivity index (χ0n) is 18.1. The van der Waals surface area contributed by atoms with E-state index in [0.717, 1.165) is 36.2 Å². The molecule has 32 heavy (non-hydrogen) atoms. The molecule has 0 aliphatic heterocycles. The van der Waals surface area contributed by atoms with Gasteiger partial charge in [0.1, 0.15) is 0 Å². The van der Waals surface area contributed by atoms with Gasteiger partial charge in [0.15, 0.2) is 5.69 Å². The van der Waals surface area contributed by atoms with Crippen LogP contribution in [0, 0.1) is 6.92 Å². The van der Waals surface area contributed by atoms with Gasteiger partial charge in [0, 0.05) is 17.8 Å². The lowest BCUT2D eigenvalue weighted by Crippen LogP contribution is -2.35. The number of anilines is 1. The number of hydrogen-bond donors (Lipinski definition) is 2. The number of nitrogens with one attached hydrogen (secondary N) is 2. The fourth-order valence-corrected chi connectivity index (χ4v) is 4.25. The summed E-state index contributed by atoms with van der Waals surface area (Å²) in [5, 5.41) is 5.17. The van der Waals surface area contributed by atoms with Crippen LogP contribution in [0.3, 0.4) is 0 Å². The minimum Gasteiger partial charge on any atom is -0.277 e. The Kier molecular flexibility index (Phi) is 4.97. The maximum atomic E-state index is 13.1. The van der Waals surface area contributed by atoms with Crippen LogP contribution in [-0.4, -0.2) is 25.2 Å². The molecule has 0 fully saturated rings. The molecule has 2 N–H and O–H groups in total. The third-order valence-electron chi connectivity index (χ3n) is 5.89. The average Bonchev–Trinajstić information content (AvgIpc) is 3.41. The van der Waals surface area contributed by atoms with E-state index >= 15 is 0 Å². The summed E-state index contributed by atoms with van der Waals surface area (Å²) < 4.78 is 3.37. The van der Waals surface area contributed by atoms with E-state index in [2.05, 4.69) is 20.9 Å². The molecule has 0 saturated carbocycles. The Morgan fingerprint density at radius 1 is 1.09 bits per heavy atom. The highest BCUT2D eigenvalue weighted by molar-refractivity contribution is 5.95. The first kappa shape index (κ1) is 20.0. The normalized spacial score (nSPS) is 12.7. The van der Waals surface area contributed by atoms with Gasteiger partial charge in [-0.2, -0.15) is 5.10 Å². The van der Waals surface area contributed by atoms with E-state index in [-0.39, 0.29) is 11.5 Å². The van der Waals surface area contributed by atoms with Gasteiger partial charge in [0.05, 0.1) is 16.6 Å². The lowest BCUT2D eigenvalue weighted by molar-refractivity contribution is 0.0956. The van der Waals surface area contributed by atoms with E-state index in [1.54, 1.807) is 12.1 Å². The molecule has 0 spiro atoms. The number of amides is 1. The van der Waals surface area contributed by atoms with Crippen LogP contribution in [-0.2, 0) is 19.4 Å². The molecule has 2 heterocycles. The predicted octanol–water partition coefficient (Wildman–Crippen LogP) is 3.16. The first-order chi connectivity index (χ1) is 15.6. The average molecular weight is 428 g/mol. The zero-order valence-corrected chi connectivity index (χ0v) is 18.1. The second-order valence-electron chi connectivity index (χ2n) is 7.96. The maximum Gasteiger partial charge on any atom is 0.290 e. The van der Waals surface area contributed by atoms with Crippen molar-refractivity contribution >= 4 is 22.8 Å². The number of rotatable bonds is 5. The molecule has 8 heteroatoms. The third-order valence-corrected chi connectivity index (χ3v) is 5.89. The van der Waals surface area contributed by atoms with E-state index in [1.165, 1.54) is 10.1 Å². The van der Waals surface area contributed by atoms with Gasteiger partial charge in [0.25, 0.3) is 11.5 Å². The Hall–Kier alpha value is -3.94. The van der Waals surface area contributed by atoms with Gasteiger partial charge in [-0.15, -0.1) is 0 Å². The number of aryl methyl sites for hydroxylation is 1. The Morgan fingerprint density at radius 3 is 2.66 bits per heavy atom. The molecule has 2 aromatic carbocycles. The van der Waals surface area contributed by atoms with Crippen LogP contribution >= 0.6 is 0 Å². The molecule has 0 radical (unpaired) electrons. The van der Waals surface area contributed by atoms with Crippen LogP contribution in [0.5, 0.6) is 0 Å². The van der Waals surface area contributed by atoms with Crippen LogP contribution in [0.1, 0.15) is 40.7 Å². The summed E-state index contributed by atoms with van der Waals surface area (Å²) >= 11 is 0. The molecule has 0 saturated heterocycles. The molecule has 2 aromatic heterocycles. The molecule has 4 aromatic rings. The van der Waals surface area contributed by atoms with E-state index in [1.807, 2.05) is 54.9 Å². The molecule has 8 nitrogen and oxygen atoms in total. The van der Waals surface area contributed by atoms with Crippen LogP contribution in [0.4, 0.5) is 5.95 Å². The number of para-hydroxylation sites is 1. The molecule has 162 valence electrons. The van der Waals surface area contributed by atoms with Crippen molar-refractivity contribution in [1.82, 2.24) is 24.8 Å². The van der Waals surface area contributed by atoms with Gasteiger partial charge >= 0.3 is 0 Å². The van der Waals surface area contributed by atoms with Gasteiger partial charge in [-0.05, 0) is 57.4 Å². The summed E-state index contributed by atoms with van der Waals surface area (Å²) in [4.78, 5) is 30.4. The monoisotopic (exact) mass is 428 g/mol. The summed E-state index contributed by atoms with van der Waals surface area (Å²) in [5.74, 6) is -0.0572. The molecule has 1 amide bonds. The van der Waals surface area contributed by atoms with Crippen molar-refractivity contribution in [3.05, 3.63) is 81.4 Å². The highest BCUT2D eigenvalue weighted by Crippen LogP contribution is 2.28. The second-order valence-corrected chi connectivity index (χ2v) is 7.96. The van der Waals surface area contributed by atoms with Crippen molar-refractivity contribution in [2.24, 2.45) is 0 Å². The topological polar surface area (TPSA) is 93.8 Å². The minimum atomic E-state index is -0.348. The number of hydrogen-bond acceptors (Lipinski definition) is 5. The molecule has 5 rings (SSSR count). The number of hydrazine groups is 1. The van der Waals surface area contributed by atoms with Crippen LogP contribution in [0.25, 0.3) is 16.6 Å². The number of carbonyl (C=O) groups is 1. The fourth-order valence-electron chi connectivity index (χ4n) is 4.25. The first-order valence-electron chi connectivity index (χ1n) is 10.8. The molecule has 0 atom stereocenters. The van der Waals surface area contributed by atoms with Gasteiger partial charge < -0.3 is 0 Å². The quantitative estimate of drug-likeness (QED) is 0.476. The molecular formula is C24H24N6O2. The predicted molar refractivity (Wildman–Crippen MR) is 123 cm³/mol. The van der Waals surface area contributed by atoms with Gasteiger partial charge in [-0.25, -0.2) is 9.67 Å². The van der Waals surface area contributed by atoms with Gasteiger partial charge in [-0.1, -0.05) is 29.8 Å². The minimum absolute atomic E-state index is 0.153. The number of nitrogens with zero attached hydrogens (tertiary/aromatic N) is 4. The Morgan fingerprint density at radius 2 is 1.88 bits per heavy atom. The highest BCUT2D eigenvalue weighted by Gasteiger charge is 2.27. The van der Waals surface area contributed by atoms with Crippen LogP contribution in [0.15, 0.2) is 53.3 Å². The van der Waals surface area contributed by atoms with Crippen molar-refractivity contribution in [2.75, 3.05) is 5.43 Å². The summed E-state index contributed by atoms with van der Waals surface area (Å²) in [5.41, 5.74) is 10.5. The van der Waals surface area contributed by atoms with Crippen molar-refractivity contribution in [2.45, 2.75) is 39.7 Å². The summed E-state index contributed by atoms with van der Waals surface area (Å²) in [6.07, 6.45) is 2.70. The molecule has 0 unspecified atom stereocenters. The standard InChI is InChI=1S/C24H24N6O2/c1-3-29-23(32)17-7-4-5-9-19(17)25-24(29)27-26-22(31)21-18-8-6-10-20(18)30(28-21)16-13-11-15(2)12-14-16/h4-5,7,9,11-14H,3,6,8,10H2,1-2H3,(H,25,27)(H,26,31). The molecule has 1 aliphatic rings. The lowest BCUT2D eigenvalue weighted by atomic mass is 10.2. The summed E-state index contributed by atoms with van der Waals surface area (Å²) in [6, 6.07) is 15.3. The van der Waals surface area contributed by atoms with E-state index in [9.17, 15) is 9.59 Å². The van der Waals surface area contributed by atoms with Crippen molar-refractivity contribution in [3.8, 4) is 5.69 Å². The Bertz CT molecular complexity index is 1380. The lowest BCUT2D eigenvalue weighted by Gasteiger charge is -2.13. The van der Waals surface area contributed by atoms with E-state index < -0.39 is 0 Å². The summed E-state index contributed by atoms with van der Waals surface area (Å²) in [6.45, 7) is 4.33. The second kappa shape index (κ2) is 7.96. The third kappa shape index (κ3) is 3.33. The molecule has 1 aliphatic carbocycles. The van der Waals surface area contributed by atoms with Crippen molar-refractivity contribution in [3.63, 3.8) is 0 Å². The highest BCUT2D eigenvalue weighted by atomic mass is 16.2. The number of aromatic nitrogens is 4. The van der Waals surface area contributed by atoms with E-state index in [4.69, 9.17) is 0 Å². The molecular weight excluding hydrogens is 404 g/mol. The van der Waals surface area contributed by atoms with E-state index in [0.29, 0.717) is 29.1 Å². The Labute approximate surface area is 184 Å². The van der Waals surface area contributed by atoms with Crippen molar-refractivity contribution < 1.29 is 4.79 Å². The van der Waals surface area contributed by atoms with Gasteiger partial charge in [-0.3, -0.25) is 25.0 Å². The van der Waals surface area contributed by atoms with Crippen LogP contribution < -0.4 is 16.4 Å². The smallest absolute Gasteiger partial charge is 0.277 e. The first-order valence-corrected chi connectivity index (χ1v) is 10.8. The fraction of sp³-hybridized carbons (Fsp3) is 0.250. The van der Waals surface area contributed by atoms with Crippen LogP contribution in [0.2, 0.25) is 0 Å². The molecule has 0 bridgehead atoms. The SMILES string of the molecule is CCn1c(NNC(=O)c2nn(-c3ccc(C)cc3)c3c2CCC3)nc2ccccc2c1=O. The number of carbonyl (C=O) groups excluding carboxylic acids is 1. The van der Waals surface area contributed by atoms with Gasteiger partial charge in [0.2, 0.25) is 5.95 Å². The largest absolute Gasteiger partial charge is 0.290 e. The maximum absolute atomic E-state index is 13.1. The summed E-state index contributed by atoms with van der Waals surface area (Å²) in [7, 11) is 0. The number of benzene rings is 2.